The summed E-state index contributed by atoms with van der Waals surface area (Å²) in [4.78, 5) is 41.6. The lowest BCUT2D eigenvalue weighted by Gasteiger charge is -2.22. The molecule has 1 heterocycles. The molecule has 0 spiro atoms. The van der Waals surface area contributed by atoms with Gasteiger partial charge in [0.05, 0.1) is 32.9 Å². The monoisotopic (exact) mass is 518 g/mol. The molecule has 1 N–H and O–H groups in total. The first kappa shape index (κ1) is 25.3. The molecule has 4 aromatic rings. The number of carbonyl (C=O) groups excluding carboxylic acids is 2. The highest BCUT2D eigenvalue weighted by Crippen LogP contribution is 2.36. The molecule has 5 rings (SSSR count). The van der Waals surface area contributed by atoms with Crippen molar-refractivity contribution >= 4 is 45.8 Å². The molecule has 0 radical (unpaired) electrons. The number of rotatable bonds is 6. The Morgan fingerprint density at radius 2 is 1.87 bits per heavy atom. The number of carbonyl (C=O) groups is 2. The van der Waals surface area contributed by atoms with Gasteiger partial charge in [-0.15, -0.1) is 0 Å². The van der Waals surface area contributed by atoms with Crippen LogP contribution in [0.4, 0.5) is 11.4 Å². The average Bonchev–Trinajstić information content (AvgIpc) is 2.95. The molecule has 0 aliphatic heterocycles. The highest BCUT2D eigenvalue weighted by atomic mass is 16.6. The van der Waals surface area contributed by atoms with E-state index in [4.69, 9.17) is 9.72 Å². The van der Waals surface area contributed by atoms with Crippen molar-refractivity contribution in [3.8, 4) is 6.07 Å². The summed E-state index contributed by atoms with van der Waals surface area (Å²) in [6.45, 7) is -0.527. The lowest BCUT2D eigenvalue weighted by Crippen LogP contribution is -2.23. The third kappa shape index (κ3) is 5.36. The number of hydrogen-bond donors (Lipinski definition) is 1. The Labute approximate surface area is 223 Å². The predicted molar refractivity (Wildman–Crippen MR) is 146 cm³/mol. The number of nitrogens with zero attached hydrogens (tertiary/aromatic N) is 3. The Kier molecular flexibility index (Phi) is 7.10. The minimum Gasteiger partial charge on any atom is -0.452 e. The molecule has 0 saturated heterocycles. The number of ether oxygens (including phenoxy) is 1. The number of amides is 1. The van der Waals surface area contributed by atoms with E-state index in [1.807, 2.05) is 18.2 Å². The molecule has 1 aromatic heterocycles. The van der Waals surface area contributed by atoms with E-state index in [0.717, 1.165) is 17.6 Å². The number of nitriles is 1. The van der Waals surface area contributed by atoms with Crippen LogP contribution in [-0.4, -0.2) is 28.4 Å². The molecule has 1 aliphatic carbocycles. The molecular formula is C30H22N4O5. The fourth-order valence-corrected chi connectivity index (χ4v) is 4.72. The fraction of sp³-hybridized carbons (Fsp3) is 0.133. The third-order valence-electron chi connectivity index (χ3n) is 6.45. The van der Waals surface area contributed by atoms with Crippen molar-refractivity contribution < 1.29 is 19.2 Å². The molecule has 1 aliphatic rings. The molecule has 9 heteroatoms. The molecule has 9 nitrogen and oxygen atoms in total. The molecule has 3 aromatic carbocycles. The number of non-ortho nitro benzene ring substituents is 1. The van der Waals surface area contributed by atoms with Crippen LogP contribution in [0, 0.1) is 21.4 Å². The Balaban J connectivity index is 1.47. The van der Waals surface area contributed by atoms with Gasteiger partial charge in [-0.25, -0.2) is 9.78 Å². The molecule has 0 fully saturated rings. The van der Waals surface area contributed by atoms with Crippen LogP contribution < -0.4 is 5.32 Å². The van der Waals surface area contributed by atoms with E-state index in [1.165, 1.54) is 12.1 Å². The minimum atomic E-state index is -0.648. The maximum atomic E-state index is 13.4. The topological polar surface area (TPSA) is 135 Å². The van der Waals surface area contributed by atoms with Gasteiger partial charge in [-0.1, -0.05) is 42.5 Å². The second-order valence-electron chi connectivity index (χ2n) is 8.99. The largest absolute Gasteiger partial charge is 0.452 e. The van der Waals surface area contributed by atoms with Crippen LogP contribution in [0.5, 0.6) is 0 Å². The first-order valence-electron chi connectivity index (χ1n) is 12.3. The number of allylic oxidation sites excluding steroid dienone is 1. The van der Waals surface area contributed by atoms with E-state index in [2.05, 4.69) is 5.32 Å². The highest BCUT2D eigenvalue weighted by molar-refractivity contribution is 6.07. The first-order chi connectivity index (χ1) is 18.9. The summed E-state index contributed by atoms with van der Waals surface area (Å²) in [5, 5.41) is 23.7. The van der Waals surface area contributed by atoms with Crippen molar-refractivity contribution in [3.63, 3.8) is 0 Å². The summed E-state index contributed by atoms with van der Waals surface area (Å²) in [5.41, 5.74) is 4.48. The maximum absolute atomic E-state index is 13.4. The van der Waals surface area contributed by atoms with E-state index >= 15 is 0 Å². The number of benzene rings is 3. The van der Waals surface area contributed by atoms with Gasteiger partial charge < -0.3 is 10.1 Å². The fourth-order valence-electron chi connectivity index (χ4n) is 4.72. The van der Waals surface area contributed by atoms with E-state index in [0.29, 0.717) is 51.8 Å². The number of fused-ring (bicyclic) bond motifs is 2. The van der Waals surface area contributed by atoms with E-state index < -0.39 is 23.4 Å². The van der Waals surface area contributed by atoms with Crippen LogP contribution in [0.25, 0.3) is 22.6 Å². The Bertz CT molecular complexity index is 1700. The summed E-state index contributed by atoms with van der Waals surface area (Å²) >= 11 is 0. The Morgan fingerprint density at radius 3 is 2.69 bits per heavy atom. The summed E-state index contributed by atoms with van der Waals surface area (Å²) < 4.78 is 5.45. The van der Waals surface area contributed by atoms with Crippen LogP contribution in [0.15, 0.2) is 72.8 Å². The predicted octanol–water partition coefficient (Wildman–Crippen LogP) is 5.69. The SMILES string of the molecule is N#Cc1ccccc1NC(=O)COC(=O)c1c2c(nc3ccccc13)/C(=C\c1cccc([N+](=O)[O-])c1)CCC2. The van der Waals surface area contributed by atoms with Gasteiger partial charge in [0.2, 0.25) is 0 Å². The summed E-state index contributed by atoms with van der Waals surface area (Å²) in [6.07, 6.45) is 3.89. The normalized spacial score (nSPS) is 13.4. The highest BCUT2D eigenvalue weighted by Gasteiger charge is 2.26. The standard InChI is InChI=1S/C30H22N4O5/c31-17-21-8-1-3-13-25(21)32-27(35)18-39-30(36)28-23-11-2-4-14-26(23)33-29-20(9-6-12-24(28)29)15-19-7-5-10-22(16-19)34(37)38/h1-5,7-8,10-11,13-16H,6,9,12,18H2,(H,32,35)/b20-15-. The number of nitro benzene ring substituents is 1. The van der Waals surface area contributed by atoms with Gasteiger partial charge in [0.1, 0.15) is 6.07 Å². The number of anilines is 1. The van der Waals surface area contributed by atoms with Crippen LogP contribution in [0.1, 0.15) is 45.6 Å². The molecule has 0 atom stereocenters. The van der Waals surface area contributed by atoms with Gasteiger partial charge in [-0.2, -0.15) is 5.26 Å². The Hall–Kier alpha value is -5.36. The van der Waals surface area contributed by atoms with Gasteiger partial charge >= 0.3 is 5.97 Å². The number of aromatic nitrogens is 1. The molecule has 1 amide bonds. The van der Waals surface area contributed by atoms with Crippen LogP contribution in [0.3, 0.4) is 0 Å². The van der Waals surface area contributed by atoms with Crippen LogP contribution in [-0.2, 0) is 16.0 Å². The first-order valence-corrected chi connectivity index (χ1v) is 12.3. The molecule has 192 valence electrons. The average molecular weight is 519 g/mol. The summed E-state index contributed by atoms with van der Waals surface area (Å²) in [7, 11) is 0. The second-order valence-corrected chi connectivity index (χ2v) is 8.99. The zero-order valence-corrected chi connectivity index (χ0v) is 20.7. The van der Waals surface area contributed by atoms with Crippen molar-refractivity contribution in [1.82, 2.24) is 4.98 Å². The molecule has 0 unspecified atom stereocenters. The molecule has 0 saturated carbocycles. The van der Waals surface area contributed by atoms with Gasteiger partial charge in [0, 0.05) is 17.5 Å². The number of hydrogen-bond acceptors (Lipinski definition) is 7. The number of pyridine rings is 1. The van der Waals surface area contributed by atoms with Gasteiger partial charge in [0.25, 0.3) is 11.6 Å². The van der Waals surface area contributed by atoms with E-state index in [1.54, 1.807) is 54.6 Å². The lowest BCUT2D eigenvalue weighted by molar-refractivity contribution is -0.384. The van der Waals surface area contributed by atoms with Crippen LogP contribution >= 0.6 is 0 Å². The van der Waals surface area contributed by atoms with Gasteiger partial charge in [-0.05, 0) is 60.2 Å². The van der Waals surface area contributed by atoms with E-state index in [9.17, 15) is 25.0 Å². The second kappa shape index (κ2) is 10.9. The van der Waals surface area contributed by atoms with Crippen molar-refractivity contribution in [3.05, 3.63) is 111 Å². The summed E-state index contributed by atoms with van der Waals surface area (Å²) in [5.74, 6) is -1.21. The van der Waals surface area contributed by atoms with Gasteiger partial charge in [0.15, 0.2) is 6.61 Å². The zero-order valence-electron chi connectivity index (χ0n) is 20.7. The quantitative estimate of drug-likeness (QED) is 0.197. The zero-order chi connectivity index (χ0) is 27.4. The Morgan fingerprint density at radius 1 is 1.08 bits per heavy atom. The molecule has 39 heavy (non-hydrogen) atoms. The minimum absolute atomic E-state index is 0.00760. The van der Waals surface area contributed by atoms with Gasteiger partial charge in [-0.3, -0.25) is 14.9 Å². The number of para-hydroxylation sites is 2. The summed E-state index contributed by atoms with van der Waals surface area (Å²) in [6, 6.07) is 22.1. The third-order valence-corrected chi connectivity index (χ3v) is 6.45. The van der Waals surface area contributed by atoms with Crippen molar-refractivity contribution in [2.75, 3.05) is 11.9 Å². The van der Waals surface area contributed by atoms with Crippen molar-refractivity contribution in [1.29, 1.82) is 5.26 Å². The molecular weight excluding hydrogens is 496 g/mol. The van der Waals surface area contributed by atoms with Crippen molar-refractivity contribution in [2.45, 2.75) is 19.3 Å². The van der Waals surface area contributed by atoms with Crippen LogP contribution in [0.2, 0.25) is 0 Å². The number of nitrogens with one attached hydrogen (secondary N) is 1. The number of nitro groups is 1. The maximum Gasteiger partial charge on any atom is 0.339 e. The smallest absolute Gasteiger partial charge is 0.339 e. The lowest BCUT2D eigenvalue weighted by atomic mass is 9.86. The van der Waals surface area contributed by atoms with E-state index in [-0.39, 0.29) is 5.69 Å². The molecule has 0 bridgehead atoms. The van der Waals surface area contributed by atoms with Crippen molar-refractivity contribution in [2.24, 2.45) is 0 Å². The number of esters is 1.